The molecule has 0 fully saturated rings. The Morgan fingerprint density at radius 3 is 2.32 bits per heavy atom. The van der Waals surface area contributed by atoms with Gasteiger partial charge >= 0.3 is 0 Å². The maximum Gasteiger partial charge on any atom is 0.224 e. The molecule has 4 rings (SSSR count). The number of nitrogens with one attached hydrogen (secondary N) is 1. The van der Waals surface area contributed by atoms with E-state index in [4.69, 9.17) is 0 Å². The SMILES string of the molecule is CC(Nc1ncc2cc(C(=NO)c3ccc(F)cc3)n(-c3c(F)cccc3F)c2n1)C(C)(C)O. The third-order valence-electron chi connectivity index (χ3n) is 5.57. The lowest BCUT2D eigenvalue weighted by Crippen LogP contribution is -2.39. The molecule has 7 nitrogen and oxygen atoms in total. The second-order valence-corrected chi connectivity index (χ2v) is 8.38. The third-order valence-corrected chi connectivity index (χ3v) is 5.57. The average Bonchev–Trinajstić information content (AvgIpc) is 3.13. The van der Waals surface area contributed by atoms with E-state index < -0.39 is 34.8 Å². The smallest absolute Gasteiger partial charge is 0.224 e. The van der Waals surface area contributed by atoms with Crippen molar-refractivity contribution >= 4 is 22.7 Å². The van der Waals surface area contributed by atoms with Crippen LogP contribution >= 0.6 is 0 Å². The number of oxime groups is 1. The maximum atomic E-state index is 14.9. The Morgan fingerprint density at radius 1 is 1.09 bits per heavy atom. The lowest BCUT2D eigenvalue weighted by molar-refractivity contribution is 0.0646. The van der Waals surface area contributed by atoms with Gasteiger partial charge < -0.3 is 15.6 Å². The van der Waals surface area contributed by atoms with Crippen molar-refractivity contribution in [1.82, 2.24) is 14.5 Å². The van der Waals surface area contributed by atoms with E-state index in [0.29, 0.717) is 10.9 Å². The van der Waals surface area contributed by atoms with Crippen LogP contribution in [0.1, 0.15) is 32.0 Å². The molecule has 0 aliphatic heterocycles. The predicted molar refractivity (Wildman–Crippen MR) is 122 cm³/mol. The number of benzene rings is 2. The summed E-state index contributed by atoms with van der Waals surface area (Å²) in [5, 5.41) is 26.8. The van der Waals surface area contributed by atoms with Gasteiger partial charge in [0.25, 0.3) is 0 Å². The van der Waals surface area contributed by atoms with Gasteiger partial charge in [-0.1, -0.05) is 11.2 Å². The van der Waals surface area contributed by atoms with Gasteiger partial charge in [0.1, 0.15) is 28.9 Å². The van der Waals surface area contributed by atoms with Crippen molar-refractivity contribution in [3.05, 3.63) is 83.4 Å². The molecule has 1 unspecified atom stereocenters. The topological polar surface area (TPSA) is 95.6 Å². The largest absolute Gasteiger partial charge is 0.410 e. The van der Waals surface area contributed by atoms with E-state index in [9.17, 15) is 23.5 Å². The van der Waals surface area contributed by atoms with Gasteiger partial charge in [-0.2, -0.15) is 4.98 Å². The van der Waals surface area contributed by atoms with Gasteiger partial charge in [-0.3, -0.25) is 4.57 Å². The number of hydrogen-bond donors (Lipinski definition) is 3. The zero-order valence-electron chi connectivity index (χ0n) is 18.6. The molecule has 2 aromatic heterocycles. The van der Waals surface area contributed by atoms with Crippen molar-refractivity contribution in [3.8, 4) is 5.69 Å². The lowest BCUT2D eigenvalue weighted by atomic mass is 10.0. The molecular formula is C24H22F3N5O2. The Morgan fingerprint density at radius 2 is 1.74 bits per heavy atom. The number of anilines is 1. The molecule has 1 atom stereocenters. The Bertz CT molecular complexity index is 1360. The van der Waals surface area contributed by atoms with Gasteiger partial charge in [0.15, 0.2) is 5.65 Å². The normalized spacial score (nSPS) is 13.3. The quantitative estimate of drug-likeness (QED) is 0.217. The van der Waals surface area contributed by atoms with Gasteiger partial charge in [-0.25, -0.2) is 18.2 Å². The molecule has 34 heavy (non-hydrogen) atoms. The minimum Gasteiger partial charge on any atom is -0.410 e. The van der Waals surface area contributed by atoms with Crippen LogP contribution in [-0.2, 0) is 0 Å². The van der Waals surface area contributed by atoms with Crippen molar-refractivity contribution in [1.29, 1.82) is 0 Å². The monoisotopic (exact) mass is 469 g/mol. The molecule has 0 amide bonds. The van der Waals surface area contributed by atoms with Crippen LogP contribution in [0.3, 0.4) is 0 Å². The first kappa shape index (κ1) is 23.2. The summed E-state index contributed by atoms with van der Waals surface area (Å²) in [6.07, 6.45) is 1.44. The van der Waals surface area contributed by atoms with Crippen LogP contribution < -0.4 is 5.32 Å². The van der Waals surface area contributed by atoms with E-state index in [1.807, 2.05) is 0 Å². The molecule has 0 aliphatic carbocycles. The van der Waals surface area contributed by atoms with Gasteiger partial charge in [0, 0.05) is 17.1 Å². The first-order chi connectivity index (χ1) is 16.1. The molecule has 0 saturated carbocycles. The van der Waals surface area contributed by atoms with Gasteiger partial charge in [0.2, 0.25) is 5.95 Å². The molecule has 0 spiro atoms. The van der Waals surface area contributed by atoms with Gasteiger partial charge in [-0.05, 0) is 63.2 Å². The first-order valence-corrected chi connectivity index (χ1v) is 10.4. The Hall–Kier alpha value is -3.92. The van der Waals surface area contributed by atoms with Crippen molar-refractivity contribution in [2.75, 3.05) is 5.32 Å². The summed E-state index contributed by atoms with van der Waals surface area (Å²) >= 11 is 0. The third kappa shape index (κ3) is 4.32. The molecule has 0 saturated heterocycles. The van der Waals surface area contributed by atoms with Crippen molar-refractivity contribution in [2.45, 2.75) is 32.4 Å². The summed E-state index contributed by atoms with van der Waals surface area (Å²) in [6.45, 7) is 4.97. The lowest BCUT2D eigenvalue weighted by Gasteiger charge is -2.26. The minimum absolute atomic E-state index is 0.0555. The summed E-state index contributed by atoms with van der Waals surface area (Å²) in [7, 11) is 0. The zero-order valence-corrected chi connectivity index (χ0v) is 18.6. The van der Waals surface area contributed by atoms with Crippen molar-refractivity contribution < 1.29 is 23.5 Å². The van der Waals surface area contributed by atoms with Crippen LogP contribution in [0.5, 0.6) is 0 Å². The maximum absolute atomic E-state index is 14.9. The molecule has 0 bridgehead atoms. The molecule has 10 heteroatoms. The van der Waals surface area contributed by atoms with Crippen LogP contribution in [0.4, 0.5) is 19.1 Å². The fourth-order valence-corrected chi connectivity index (χ4v) is 3.40. The highest BCUT2D eigenvalue weighted by molar-refractivity contribution is 6.14. The number of halogens is 3. The van der Waals surface area contributed by atoms with E-state index in [1.165, 1.54) is 47.2 Å². The number of fused-ring (bicyclic) bond motifs is 1. The molecule has 176 valence electrons. The first-order valence-electron chi connectivity index (χ1n) is 10.4. The molecule has 0 aliphatic rings. The minimum atomic E-state index is -1.09. The molecule has 2 heterocycles. The Kier molecular flexibility index (Phi) is 6.01. The second kappa shape index (κ2) is 8.79. The molecule has 3 N–H and O–H groups in total. The Balaban J connectivity index is 1.98. The van der Waals surface area contributed by atoms with Crippen LogP contribution in [0.25, 0.3) is 16.7 Å². The number of para-hydroxylation sites is 1. The van der Waals surface area contributed by atoms with E-state index in [0.717, 1.165) is 12.1 Å². The van der Waals surface area contributed by atoms with Crippen LogP contribution in [0.15, 0.2) is 59.9 Å². The van der Waals surface area contributed by atoms with Gasteiger partial charge in [-0.15, -0.1) is 0 Å². The van der Waals surface area contributed by atoms with E-state index in [-0.39, 0.29) is 23.0 Å². The number of aliphatic hydroxyl groups is 1. The number of hydrogen-bond acceptors (Lipinski definition) is 6. The fraction of sp³-hybridized carbons (Fsp3) is 0.208. The van der Waals surface area contributed by atoms with Crippen LogP contribution in [0, 0.1) is 17.5 Å². The van der Waals surface area contributed by atoms with E-state index in [1.54, 1.807) is 20.8 Å². The molecule has 0 radical (unpaired) electrons. The molecular weight excluding hydrogens is 447 g/mol. The van der Waals surface area contributed by atoms with Crippen molar-refractivity contribution in [2.24, 2.45) is 5.16 Å². The summed E-state index contributed by atoms with van der Waals surface area (Å²) < 4.78 is 44.5. The van der Waals surface area contributed by atoms with Crippen molar-refractivity contribution in [3.63, 3.8) is 0 Å². The summed E-state index contributed by atoms with van der Waals surface area (Å²) in [5.41, 5.74) is -1.04. The summed E-state index contributed by atoms with van der Waals surface area (Å²) in [5.74, 6) is -2.11. The number of aromatic nitrogens is 3. The number of rotatable bonds is 6. The second-order valence-electron chi connectivity index (χ2n) is 8.38. The highest BCUT2D eigenvalue weighted by Crippen LogP contribution is 2.29. The highest BCUT2D eigenvalue weighted by Gasteiger charge is 2.26. The molecule has 2 aromatic carbocycles. The summed E-state index contributed by atoms with van der Waals surface area (Å²) in [4.78, 5) is 8.67. The standard InChI is InChI=1S/C24H22F3N5O2/c1-13(24(2,3)33)29-23-28-12-15-11-19(20(31-34)14-7-9-16(25)10-8-14)32(22(15)30-23)21-17(26)5-4-6-18(21)27/h4-13,33-34H,1-3H3,(H,28,29,30). The zero-order chi connectivity index (χ0) is 24.6. The van der Waals surface area contributed by atoms with E-state index in [2.05, 4.69) is 20.4 Å². The fourth-order valence-electron chi connectivity index (χ4n) is 3.40. The highest BCUT2D eigenvalue weighted by atomic mass is 19.1. The van der Waals surface area contributed by atoms with Gasteiger partial charge in [0.05, 0.1) is 17.3 Å². The average molecular weight is 469 g/mol. The van der Waals surface area contributed by atoms with Crippen LogP contribution in [-0.4, -0.2) is 42.2 Å². The number of nitrogens with zero attached hydrogens (tertiary/aromatic N) is 4. The summed E-state index contributed by atoms with van der Waals surface area (Å²) in [6, 6.07) is 9.61. The van der Waals surface area contributed by atoms with E-state index >= 15 is 0 Å². The molecule has 4 aromatic rings. The Labute approximate surface area is 193 Å². The van der Waals surface area contributed by atoms with Crippen LogP contribution in [0.2, 0.25) is 0 Å². The predicted octanol–water partition coefficient (Wildman–Crippen LogP) is 4.64.